The first-order valence-corrected chi connectivity index (χ1v) is 6.51. The maximum Gasteiger partial charge on any atom is 0.150 e. The largest absolute Gasteiger partial charge is 0.229 e. The molecule has 1 rings (SSSR count). The highest BCUT2D eigenvalue weighted by Gasteiger charge is 2.33. The summed E-state index contributed by atoms with van der Waals surface area (Å²) >= 11 is 0. The first-order chi connectivity index (χ1) is 6.09. The Balaban J connectivity index is 2.59. The van der Waals surface area contributed by atoms with Crippen LogP contribution in [0.2, 0.25) is 0 Å². The van der Waals surface area contributed by atoms with E-state index in [-0.39, 0.29) is 23.3 Å². The highest BCUT2D eigenvalue weighted by Crippen LogP contribution is 2.28. The van der Waals surface area contributed by atoms with Crippen LogP contribution in [0.15, 0.2) is 0 Å². The molecular formula is C9H15NO2S. The molecule has 0 bridgehead atoms. The van der Waals surface area contributed by atoms with Gasteiger partial charge in [-0.25, -0.2) is 8.42 Å². The molecule has 3 nitrogen and oxygen atoms in total. The number of nitriles is 1. The van der Waals surface area contributed by atoms with Crippen LogP contribution >= 0.6 is 0 Å². The highest BCUT2D eigenvalue weighted by molar-refractivity contribution is 7.91. The van der Waals surface area contributed by atoms with Crippen LogP contribution in [0.3, 0.4) is 0 Å². The molecule has 0 saturated carbocycles. The van der Waals surface area contributed by atoms with E-state index in [0.717, 1.165) is 12.8 Å². The van der Waals surface area contributed by atoms with Gasteiger partial charge in [-0.1, -0.05) is 13.3 Å². The summed E-state index contributed by atoms with van der Waals surface area (Å²) in [5.74, 6) is 0.544. The molecule has 2 atom stereocenters. The Hall–Kier alpha value is -0.560. The summed E-state index contributed by atoms with van der Waals surface area (Å²) in [7, 11) is -2.82. The predicted molar refractivity (Wildman–Crippen MR) is 50.8 cm³/mol. The molecule has 13 heavy (non-hydrogen) atoms. The van der Waals surface area contributed by atoms with Gasteiger partial charge >= 0.3 is 0 Å². The number of hydrogen-bond acceptors (Lipinski definition) is 3. The van der Waals surface area contributed by atoms with E-state index in [1.165, 1.54) is 0 Å². The van der Waals surface area contributed by atoms with E-state index in [9.17, 15) is 8.42 Å². The first kappa shape index (κ1) is 10.5. The van der Waals surface area contributed by atoms with Gasteiger partial charge in [0.2, 0.25) is 0 Å². The van der Waals surface area contributed by atoms with Crippen molar-refractivity contribution < 1.29 is 8.42 Å². The van der Waals surface area contributed by atoms with Gasteiger partial charge < -0.3 is 0 Å². The van der Waals surface area contributed by atoms with Crippen LogP contribution in [0.25, 0.3) is 0 Å². The van der Waals surface area contributed by atoms with Crippen molar-refractivity contribution in [1.82, 2.24) is 0 Å². The Kier molecular flexibility index (Phi) is 3.32. The smallest absolute Gasteiger partial charge is 0.150 e. The number of rotatable bonds is 3. The summed E-state index contributed by atoms with van der Waals surface area (Å²) in [6, 6.07) is 2.22. The lowest BCUT2D eigenvalue weighted by atomic mass is 9.89. The van der Waals surface area contributed by atoms with E-state index in [2.05, 4.69) is 6.07 Å². The molecule has 2 unspecified atom stereocenters. The second-order valence-electron chi connectivity index (χ2n) is 3.69. The minimum absolute atomic E-state index is 0.0534. The summed E-state index contributed by atoms with van der Waals surface area (Å²) in [5, 5.41) is 8.84. The fourth-order valence-corrected chi connectivity index (χ4v) is 3.74. The molecule has 0 aromatic carbocycles. The third-order valence-electron chi connectivity index (χ3n) is 2.60. The number of hydrogen-bond donors (Lipinski definition) is 0. The minimum Gasteiger partial charge on any atom is -0.229 e. The molecule has 0 N–H and O–H groups in total. The summed E-state index contributed by atoms with van der Waals surface area (Å²) < 4.78 is 22.3. The average Bonchev–Trinajstić information content (AvgIpc) is 2.42. The molecule has 0 aliphatic carbocycles. The zero-order valence-corrected chi connectivity index (χ0v) is 8.68. The Bertz CT molecular complexity index is 302. The zero-order valence-electron chi connectivity index (χ0n) is 7.86. The van der Waals surface area contributed by atoms with Crippen LogP contribution in [0, 0.1) is 23.2 Å². The first-order valence-electron chi connectivity index (χ1n) is 4.69. The third-order valence-corrected chi connectivity index (χ3v) is 4.40. The maximum absolute atomic E-state index is 11.2. The van der Waals surface area contributed by atoms with Crippen molar-refractivity contribution in [2.45, 2.75) is 26.2 Å². The molecule has 0 aromatic heterocycles. The minimum atomic E-state index is -2.82. The predicted octanol–water partition coefficient (Wildman–Crippen LogP) is 1.36. The quantitative estimate of drug-likeness (QED) is 0.692. The SMILES string of the molecule is CCCC(C#N)C1CCS(=O)(=O)C1. The van der Waals surface area contributed by atoms with Crippen molar-refractivity contribution in [3.8, 4) is 6.07 Å². The van der Waals surface area contributed by atoms with Gasteiger partial charge in [-0.05, 0) is 18.8 Å². The molecule has 74 valence electrons. The molecule has 0 amide bonds. The Labute approximate surface area is 79.7 Å². The molecule has 0 spiro atoms. The molecule has 0 radical (unpaired) electrons. The molecule has 1 fully saturated rings. The van der Waals surface area contributed by atoms with Gasteiger partial charge in [-0.2, -0.15) is 5.26 Å². The van der Waals surface area contributed by atoms with Gasteiger partial charge in [-0.15, -0.1) is 0 Å². The van der Waals surface area contributed by atoms with Crippen LogP contribution in [0.1, 0.15) is 26.2 Å². The zero-order chi connectivity index (χ0) is 9.90. The second-order valence-corrected chi connectivity index (χ2v) is 5.92. The van der Waals surface area contributed by atoms with Crippen LogP contribution in [-0.4, -0.2) is 19.9 Å². The summed E-state index contributed by atoms with van der Waals surface area (Å²) in [4.78, 5) is 0. The molecule has 1 aliphatic heterocycles. The van der Waals surface area contributed by atoms with Crippen molar-refractivity contribution in [3.63, 3.8) is 0 Å². The maximum atomic E-state index is 11.2. The number of sulfone groups is 1. The lowest BCUT2D eigenvalue weighted by molar-refractivity contribution is 0.417. The van der Waals surface area contributed by atoms with Gasteiger partial charge in [0, 0.05) is 0 Å². The fourth-order valence-electron chi connectivity index (χ4n) is 1.86. The molecule has 1 heterocycles. The molecule has 4 heteroatoms. The van der Waals surface area contributed by atoms with E-state index in [1.807, 2.05) is 6.92 Å². The lowest BCUT2D eigenvalue weighted by Crippen LogP contribution is -2.14. The lowest BCUT2D eigenvalue weighted by Gasteiger charge is -2.13. The van der Waals surface area contributed by atoms with Crippen LogP contribution in [0.4, 0.5) is 0 Å². The summed E-state index contributed by atoms with van der Waals surface area (Å²) in [6.07, 6.45) is 2.46. The van der Waals surface area contributed by atoms with Crippen molar-refractivity contribution in [1.29, 1.82) is 5.26 Å². The summed E-state index contributed by atoms with van der Waals surface area (Å²) in [5.41, 5.74) is 0. The summed E-state index contributed by atoms with van der Waals surface area (Å²) in [6.45, 7) is 2.02. The van der Waals surface area contributed by atoms with Crippen molar-refractivity contribution in [3.05, 3.63) is 0 Å². The van der Waals surface area contributed by atoms with Crippen molar-refractivity contribution >= 4 is 9.84 Å². The molecular weight excluding hydrogens is 186 g/mol. The van der Waals surface area contributed by atoms with Crippen LogP contribution in [-0.2, 0) is 9.84 Å². The Morgan fingerprint density at radius 3 is 2.69 bits per heavy atom. The van der Waals surface area contributed by atoms with Gasteiger partial charge in [-0.3, -0.25) is 0 Å². The normalized spacial score (nSPS) is 28.2. The van der Waals surface area contributed by atoms with E-state index < -0.39 is 9.84 Å². The average molecular weight is 201 g/mol. The standard InChI is InChI=1S/C9H15NO2S/c1-2-3-8(6-10)9-4-5-13(11,12)7-9/h8-9H,2-5,7H2,1H3. The van der Waals surface area contributed by atoms with E-state index in [4.69, 9.17) is 5.26 Å². The third kappa shape index (κ3) is 2.70. The van der Waals surface area contributed by atoms with Gasteiger partial charge in [0.15, 0.2) is 9.84 Å². The van der Waals surface area contributed by atoms with E-state index in [1.54, 1.807) is 0 Å². The molecule has 1 aliphatic rings. The monoisotopic (exact) mass is 201 g/mol. The Morgan fingerprint density at radius 1 is 1.62 bits per heavy atom. The van der Waals surface area contributed by atoms with E-state index >= 15 is 0 Å². The highest BCUT2D eigenvalue weighted by atomic mass is 32.2. The van der Waals surface area contributed by atoms with Gasteiger partial charge in [0.1, 0.15) is 0 Å². The Morgan fingerprint density at radius 2 is 2.31 bits per heavy atom. The molecule has 1 saturated heterocycles. The molecule has 0 aromatic rings. The van der Waals surface area contributed by atoms with Crippen molar-refractivity contribution in [2.24, 2.45) is 11.8 Å². The van der Waals surface area contributed by atoms with Crippen molar-refractivity contribution in [2.75, 3.05) is 11.5 Å². The van der Waals surface area contributed by atoms with E-state index in [0.29, 0.717) is 6.42 Å². The topological polar surface area (TPSA) is 57.9 Å². The van der Waals surface area contributed by atoms with Gasteiger partial charge in [0.25, 0.3) is 0 Å². The van der Waals surface area contributed by atoms with Gasteiger partial charge in [0.05, 0.1) is 23.5 Å². The fraction of sp³-hybridized carbons (Fsp3) is 0.889. The van der Waals surface area contributed by atoms with Crippen LogP contribution in [0.5, 0.6) is 0 Å². The number of nitrogens with zero attached hydrogens (tertiary/aromatic N) is 1. The second kappa shape index (κ2) is 4.10. The van der Waals surface area contributed by atoms with Crippen LogP contribution < -0.4 is 0 Å².